The lowest BCUT2D eigenvalue weighted by Gasteiger charge is -2.34. The van der Waals surface area contributed by atoms with Crippen LogP contribution < -0.4 is 10.2 Å². The van der Waals surface area contributed by atoms with E-state index in [9.17, 15) is 19.2 Å². The van der Waals surface area contributed by atoms with Crippen molar-refractivity contribution >= 4 is 29.6 Å². The normalized spacial score (nSPS) is 16.8. The summed E-state index contributed by atoms with van der Waals surface area (Å²) in [6.45, 7) is 8.88. The molecule has 1 saturated heterocycles. The van der Waals surface area contributed by atoms with E-state index in [4.69, 9.17) is 9.47 Å². The Balaban J connectivity index is 2.24. The van der Waals surface area contributed by atoms with Crippen molar-refractivity contribution < 1.29 is 28.7 Å². The van der Waals surface area contributed by atoms with Gasteiger partial charge in [0.2, 0.25) is 5.91 Å². The summed E-state index contributed by atoms with van der Waals surface area (Å²) in [5.74, 6) is -1.44. The van der Waals surface area contributed by atoms with Crippen LogP contribution in [-0.4, -0.2) is 66.2 Å². The Morgan fingerprint density at radius 3 is 2.44 bits per heavy atom. The van der Waals surface area contributed by atoms with Crippen molar-refractivity contribution in [2.45, 2.75) is 65.1 Å². The third-order valence-corrected chi connectivity index (χ3v) is 4.92. The van der Waals surface area contributed by atoms with Crippen LogP contribution in [-0.2, 0) is 23.9 Å². The lowest BCUT2D eigenvalue weighted by molar-refractivity contribution is -0.143. The summed E-state index contributed by atoms with van der Waals surface area (Å²) < 4.78 is 10.3. The van der Waals surface area contributed by atoms with Crippen molar-refractivity contribution in [2.75, 3.05) is 24.6 Å². The average molecular weight is 448 g/mol. The molecule has 1 fully saturated rings. The Bertz CT molecular complexity index is 821. The van der Waals surface area contributed by atoms with Gasteiger partial charge in [-0.25, -0.2) is 4.79 Å². The number of likely N-dealkylation sites (tertiary alicyclic amines) is 1. The van der Waals surface area contributed by atoms with Gasteiger partial charge in [0.1, 0.15) is 24.2 Å². The predicted octanol–water partition coefficient (Wildman–Crippen LogP) is 2.49. The van der Waals surface area contributed by atoms with Gasteiger partial charge in [-0.1, -0.05) is 18.2 Å². The molecule has 0 aromatic heterocycles. The maximum atomic E-state index is 13.6. The summed E-state index contributed by atoms with van der Waals surface area (Å²) in [4.78, 5) is 53.5. The number of anilines is 1. The molecule has 0 spiro atoms. The number of nitrogens with one attached hydrogen (secondary N) is 1. The van der Waals surface area contributed by atoms with Crippen molar-refractivity contribution in [3.63, 3.8) is 0 Å². The van der Waals surface area contributed by atoms with Crippen LogP contribution in [0.25, 0.3) is 0 Å². The van der Waals surface area contributed by atoms with E-state index in [2.05, 4.69) is 5.32 Å². The van der Waals surface area contributed by atoms with Crippen molar-refractivity contribution in [3.8, 4) is 0 Å². The molecule has 1 N–H and O–H groups in total. The first-order valence-corrected chi connectivity index (χ1v) is 10.9. The van der Waals surface area contributed by atoms with Crippen LogP contribution in [0.5, 0.6) is 0 Å². The molecule has 3 amide bonds. The van der Waals surface area contributed by atoms with E-state index in [1.54, 1.807) is 65.0 Å². The van der Waals surface area contributed by atoms with Gasteiger partial charge in [-0.05, 0) is 59.6 Å². The average Bonchev–Trinajstić information content (AvgIpc) is 3.22. The molecule has 9 nitrogen and oxygen atoms in total. The molecule has 1 aliphatic heterocycles. The molecule has 0 saturated carbocycles. The van der Waals surface area contributed by atoms with Crippen molar-refractivity contribution in [2.24, 2.45) is 0 Å². The van der Waals surface area contributed by atoms with E-state index in [-0.39, 0.29) is 19.1 Å². The number of para-hydroxylation sites is 1. The van der Waals surface area contributed by atoms with E-state index in [0.717, 1.165) is 0 Å². The molecule has 32 heavy (non-hydrogen) atoms. The Morgan fingerprint density at radius 2 is 1.84 bits per heavy atom. The van der Waals surface area contributed by atoms with Gasteiger partial charge in [0, 0.05) is 12.2 Å². The summed E-state index contributed by atoms with van der Waals surface area (Å²) in [6.07, 6.45) is 0.570. The topological polar surface area (TPSA) is 105 Å². The number of nitrogens with zero attached hydrogens (tertiary/aromatic N) is 2. The summed E-state index contributed by atoms with van der Waals surface area (Å²) in [7, 11) is 0. The van der Waals surface area contributed by atoms with Crippen LogP contribution in [0.2, 0.25) is 0 Å². The van der Waals surface area contributed by atoms with Crippen LogP contribution in [0.15, 0.2) is 30.3 Å². The zero-order valence-electron chi connectivity index (χ0n) is 19.4. The Kier molecular flexibility index (Phi) is 8.63. The standard InChI is InChI=1S/C23H33N3O6/c1-6-31-19(27)15-24-20(28)16(2)26(17-11-8-7-9-12-17)21(29)18-13-10-14-25(18)22(30)32-23(3,4)5/h7-9,11-12,16,18H,6,10,13-15H2,1-5H3,(H,24,28). The lowest BCUT2D eigenvalue weighted by atomic mass is 10.1. The molecule has 0 bridgehead atoms. The highest BCUT2D eigenvalue weighted by Crippen LogP contribution is 2.26. The SMILES string of the molecule is CCOC(=O)CNC(=O)C(C)N(C(=O)C1CCCN1C(=O)OC(C)(C)C)c1ccccc1. The number of benzene rings is 1. The van der Waals surface area contributed by atoms with Gasteiger partial charge in [0.15, 0.2) is 0 Å². The molecule has 0 radical (unpaired) electrons. The molecule has 1 aromatic rings. The molecule has 1 aromatic carbocycles. The molecule has 1 aliphatic rings. The van der Waals surface area contributed by atoms with Gasteiger partial charge in [-0.3, -0.25) is 24.2 Å². The molecule has 2 unspecified atom stereocenters. The first-order chi connectivity index (χ1) is 15.0. The molecular formula is C23H33N3O6. The number of rotatable bonds is 7. The van der Waals surface area contributed by atoms with E-state index >= 15 is 0 Å². The molecule has 0 aliphatic carbocycles. The Morgan fingerprint density at radius 1 is 1.19 bits per heavy atom. The van der Waals surface area contributed by atoms with Gasteiger partial charge in [0.25, 0.3) is 5.91 Å². The fraction of sp³-hybridized carbons (Fsp3) is 0.565. The highest BCUT2D eigenvalue weighted by molar-refractivity contribution is 6.04. The number of esters is 1. The van der Waals surface area contributed by atoms with E-state index in [0.29, 0.717) is 25.1 Å². The Labute approximate surface area is 189 Å². The van der Waals surface area contributed by atoms with Crippen molar-refractivity contribution in [1.82, 2.24) is 10.2 Å². The maximum absolute atomic E-state index is 13.6. The summed E-state index contributed by atoms with van der Waals surface area (Å²) in [5.41, 5.74) is -0.167. The van der Waals surface area contributed by atoms with Crippen molar-refractivity contribution in [3.05, 3.63) is 30.3 Å². The van der Waals surface area contributed by atoms with E-state index in [1.807, 2.05) is 0 Å². The van der Waals surface area contributed by atoms with Gasteiger partial charge >= 0.3 is 12.1 Å². The summed E-state index contributed by atoms with van der Waals surface area (Å²) in [6, 6.07) is 7.11. The molecule has 2 rings (SSSR count). The first kappa shape index (κ1) is 25.2. The first-order valence-electron chi connectivity index (χ1n) is 10.9. The summed E-state index contributed by atoms with van der Waals surface area (Å²) in [5, 5.41) is 2.52. The highest BCUT2D eigenvalue weighted by atomic mass is 16.6. The quantitative estimate of drug-likeness (QED) is 0.644. The lowest BCUT2D eigenvalue weighted by Crippen LogP contribution is -2.55. The number of ether oxygens (including phenoxy) is 2. The van der Waals surface area contributed by atoms with E-state index in [1.165, 1.54) is 9.80 Å². The van der Waals surface area contributed by atoms with Crippen LogP contribution in [0, 0.1) is 0 Å². The van der Waals surface area contributed by atoms with Crippen LogP contribution in [0.1, 0.15) is 47.5 Å². The Hall–Kier alpha value is -3.10. The van der Waals surface area contributed by atoms with Crippen molar-refractivity contribution in [1.29, 1.82) is 0 Å². The van der Waals surface area contributed by atoms with Crippen LogP contribution >= 0.6 is 0 Å². The fourth-order valence-corrected chi connectivity index (χ4v) is 3.49. The number of carbonyl (C=O) groups is 4. The second-order valence-electron chi connectivity index (χ2n) is 8.57. The third kappa shape index (κ3) is 6.70. The largest absolute Gasteiger partial charge is 0.465 e. The zero-order valence-corrected chi connectivity index (χ0v) is 19.4. The molecular weight excluding hydrogens is 414 g/mol. The highest BCUT2D eigenvalue weighted by Gasteiger charge is 2.41. The minimum Gasteiger partial charge on any atom is -0.465 e. The van der Waals surface area contributed by atoms with Gasteiger partial charge in [-0.2, -0.15) is 0 Å². The minimum absolute atomic E-state index is 0.209. The summed E-state index contributed by atoms with van der Waals surface area (Å²) >= 11 is 0. The number of carbonyl (C=O) groups excluding carboxylic acids is 4. The van der Waals surface area contributed by atoms with Gasteiger partial charge in [-0.15, -0.1) is 0 Å². The van der Waals surface area contributed by atoms with Gasteiger partial charge in [0.05, 0.1) is 6.61 Å². The second kappa shape index (κ2) is 11.0. The van der Waals surface area contributed by atoms with Gasteiger partial charge < -0.3 is 14.8 Å². The van der Waals surface area contributed by atoms with E-state index < -0.39 is 35.7 Å². The number of hydrogen-bond acceptors (Lipinski definition) is 6. The second-order valence-corrected chi connectivity index (χ2v) is 8.57. The van der Waals surface area contributed by atoms with Crippen LogP contribution in [0.3, 0.4) is 0 Å². The maximum Gasteiger partial charge on any atom is 0.410 e. The molecule has 9 heteroatoms. The molecule has 2 atom stereocenters. The number of hydrogen-bond donors (Lipinski definition) is 1. The third-order valence-electron chi connectivity index (χ3n) is 4.92. The molecule has 176 valence electrons. The smallest absolute Gasteiger partial charge is 0.410 e. The predicted molar refractivity (Wildman–Crippen MR) is 119 cm³/mol. The zero-order chi connectivity index (χ0) is 23.9. The number of amides is 3. The van der Waals surface area contributed by atoms with Crippen LogP contribution in [0.4, 0.5) is 10.5 Å². The fourth-order valence-electron chi connectivity index (χ4n) is 3.49. The monoisotopic (exact) mass is 447 g/mol. The molecule has 1 heterocycles. The minimum atomic E-state index is -0.916.